The molecular weight excluding hydrogens is 148 g/mol. The van der Waals surface area contributed by atoms with Gasteiger partial charge < -0.3 is 4.74 Å². The van der Waals surface area contributed by atoms with Gasteiger partial charge in [-0.3, -0.25) is 0 Å². The van der Waals surface area contributed by atoms with Crippen molar-refractivity contribution in [2.75, 3.05) is 6.61 Å². The molecule has 0 aliphatic rings. The highest BCUT2D eigenvalue weighted by Gasteiger charge is 2.00. The average Bonchev–Trinajstić information content (AvgIpc) is 1.87. The number of hydrogen-bond acceptors (Lipinski definition) is 2. The molecule has 0 spiro atoms. The molecule has 0 saturated carbocycles. The third kappa shape index (κ3) is 5.82. The molecule has 0 aromatic heterocycles. The fourth-order valence-corrected chi connectivity index (χ4v) is 0.631. The second kappa shape index (κ2) is 5.47. The van der Waals surface area contributed by atoms with Gasteiger partial charge in [-0.05, 0) is 12.3 Å². The SMILES string of the molecule is CCC(C)CCOC(=O)[S]. The molecule has 3 heteroatoms. The minimum absolute atomic E-state index is 0.470. The second-order valence-corrected chi connectivity index (χ2v) is 2.73. The Balaban J connectivity index is 3.11. The normalized spacial score (nSPS) is 12.6. The van der Waals surface area contributed by atoms with Crippen molar-refractivity contribution in [1.29, 1.82) is 0 Å². The molecule has 0 heterocycles. The zero-order valence-electron chi connectivity index (χ0n) is 6.42. The van der Waals surface area contributed by atoms with Crippen LogP contribution in [0.1, 0.15) is 26.7 Å². The van der Waals surface area contributed by atoms with Crippen LogP contribution in [0, 0.1) is 5.92 Å². The van der Waals surface area contributed by atoms with E-state index in [4.69, 9.17) is 0 Å². The van der Waals surface area contributed by atoms with E-state index in [1.54, 1.807) is 0 Å². The molecule has 0 amide bonds. The molecule has 0 aliphatic heterocycles. The lowest BCUT2D eigenvalue weighted by atomic mass is 10.1. The zero-order valence-corrected chi connectivity index (χ0v) is 7.24. The number of ether oxygens (including phenoxy) is 1. The van der Waals surface area contributed by atoms with Crippen LogP contribution in [0.3, 0.4) is 0 Å². The predicted molar refractivity (Wildman–Crippen MR) is 43.0 cm³/mol. The summed E-state index contributed by atoms with van der Waals surface area (Å²) < 4.78 is 4.59. The fourth-order valence-electron chi connectivity index (χ4n) is 0.548. The Morgan fingerprint density at radius 3 is 2.70 bits per heavy atom. The summed E-state index contributed by atoms with van der Waals surface area (Å²) >= 11 is 4.21. The summed E-state index contributed by atoms with van der Waals surface area (Å²) in [5.41, 5.74) is 0. The Kier molecular flexibility index (Phi) is 5.30. The van der Waals surface area contributed by atoms with E-state index in [1.807, 2.05) is 0 Å². The quantitative estimate of drug-likeness (QED) is 0.592. The van der Waals surface area contributed by atoms with Crippen molar-refractivity contribution < 1.29 is 9.53 Å². The first-order valence-electron chi connectivity index (χ1n) is 3.50. The Labute approximate surface area is 67.4 Å². The highest BCUT2D eigenvalue weighted by molar-refractivity contribution is 7.96. The molecule has 0 N–H and O–H groups in total. The van der Waals surface area contributed by atoms with Gasteiger partial charge in [-0.15, -0.1) is 0 Å². The van der Waals surface area contributed by atoms with E-state index in [9.17, 15) is 4.79 Å². The first-order chi connectivity index (χ1) is 4.66. The van der Waals surface area contributed by atoms with Crippen LogP contribution in [0.15, 0.2) is 0 Å². The standard InChI is InChI=1S/C7H13O2S/c1-3-6(2)4-5-9-7(8)10/h6H,3-5H2,1-2H3. The summed E-state index contributed by atoms with van der Waals surface area (Å²) in [7, 11) is 0. The van der Waals surface area contributed by atoms with E-state index >= 15 is 0 Å². The van der Waals surface area contributed by atoms with Crippen molar-refractivity contribution in [2.24, 2.45) is 5.92 Å². The van der Waals surface area contributed by atoms with Crippen molar-refractivity contribution in [3.63, 3.8) is 0 Å². The van der Waals surface area contributed by atoms with E-state index in [-0.39, 0.29) is 0 Å². The summed E-state index contributed by atoms with van der Waals surface area (Å²) in [5.74, 6) is 0.620. The zero-order chi connectivity index (χ0) is 7.98. The number of carbonyl (C=O) groups is 1. The summed E-state index contributed by atoms with van der Waals surface area (Å²) in [6.07, 6.45) is 2.04. The lowest BCUT2D eigenvalue weighted by Gasteiger charge is -2.06. The maximum atomic E-state index is 10.1. The highest BCUT2D eigenvalue weighted by atomic mass is 32.1. The van der Waals surface area contributed by atoms with Crippen molar-refractivity contribution >= 4 is 17.9 Å². The van der Waals surface area contributed by atoms with Crippen LogP contribution >= 0.6 is 12.6 Å². The molecule has 0 aliphatic carbocycles. The molecule has 1 radical (unpaired) electrons. The lowest BCUT2D eigenvalue weighted by molar-refractivity contribution is 0.167. The average molecular weight is 161 g/mol. The van der Waals surface area contributed by atoms with Gasteiger partial charge in [-0.2, -0.15) is 0 Å². The van der Waals surface area contributed by atoms with Gasteiger partial charge in [-0.1, -0.05) is 20.3 Å². The van der Waals surface area contributed by atoms with Crippen molar-refractivity contribution in [3.05, 3.63) is 0 Å². The van der Waals surface area contributed by atoms with Crippen LogP contribution in [0.25, 0.3) is 0 Å². The first kappa shape index (κ1) is 9.69. The maximum absolute atomic E-state index is 10.1. The number of carbonyl (C=O) groups excluding carboxylic acids is 1. The number of hydrogen-bond donors (Lipinski definition) is 0. The molecule has 0 bridgehead atoms. The topological polar surface area (TPSA) is 26.3 Å². The molecule has 10 heavy (non-hydrogen) atoms. The van der Waals surface area contributed by atoms with E-state index in [0.29, 0.717) is 12.5 Å². The van der Waals surface area contributed by atoms with Crippen LogP contribution < -0.4 is 0 Å². The van der Waals surface area contributed by atoms with Crippen molar-refractivity contribution in [3.8, 4) is 0 Å². The van der Waals surface area contributed by atoms with Gasteiger partial charge >= 0.3 is 5.30 Å². The van der Waals surface area contributed by atoms with Gasteiger partial charge in [0.25, 0.3) is 0 Å². The molecular formula is C7H13O2S. The van der Waals surface area contributed by atoms with Crippen LogP contribution in [-0.4, -0.2) is 11.9 Å². The molecule has 2 nitrogen and oxygen atoms in total. The Morgan fingerprint density at radius 1 is 1.70 bits per heavy atom. The van der Waals surface area contributed by atoms with Crippen LogP contribution in [0.2, 0.25) is 0 Å². The molecule has 0 aromatic carbocycles. The second-order valence-electron chi connectivity index (χ2n) is 2.40. The van der Waals surface area contributed by atoms with Gasteiger partial charge in [0.05, 0.1) is 6.61 Å². The summed E-state index contributed by atoms with van der Waals surface area (Å²) in [6, 6.07) is 0. The Hall–Kier alpha value is -0.310. The minimum atomic E-state index is -0.594. The van der Waals surface area contributed by atoms with E-state index < -0.39 is 5.30 Å². The predicted octanol–water partition coefficient (Wildman–Crippen LogP) is 2.76. The van der Waals surface area contributed by atoms with Crippen molar-refractivity contribution in [1.82, 2.24) is 0 Å². The van der Waals surface area contributed by atoms with Crippen LogP contribution in [0.4, 0.5) is 4.79 Å². The largest absolute Gasteiger partial charge is 0.454 e. The smallest absolute Gasteiger partial charge is 0.400 e. The third-order valence-electron chi connectivity index (χ3n) is 1.53. The monoisotopic (exact) mass is 161 g/mol. The van der Waals surface area contributed by atoms with Gasteiger partial charge in [0.1, 0.15) is 0 Å². The Bertz CT molecular complexity index is 104. The third-order valence-corrected chi connectivity index (χ3v) is 1.65. The molecule has 59 valence electrons. The lowest BCUT2D eigenvalue weighted by Crippen LogP contribution is -2.01. The van der Waals surface area contributed by atoms with E-state index in [0.717, 1.165) is 12.8 Å². The first-order valence-corrected chi connectivity index (χ1v) is 3.91. The molecule has 0 fully saturated rings. The molecule has 1 unspecified atom stereocenters. The molecule has 0 aromatic rings. The minimum Gasteiger partial charge on any atom is -0.454 e. The van der Waals surface area contributed by atoms with Gasteiger partial charge in [0, 0.05) is 12.6 Å². The number of rotatable bonds is 4. The summed E-state index contributed by atoms with van der Waals surface area (Å²) in [5, 5.41) is -0.594. The fraction of sp³-hybridized carbons (Fsp3) is 0.857. The van der Waals surface area contributed by atoms with Crippen LogP contribution in [-0.2, 0) is 4.74 Å². The molecule has 0 rings (SSSR count). The van der Waals surface area contributed by atoms with Crippen molar-refractivity contribution in [2.45, 2.75) is 26.7 Å². The Morgan fingerprint density at radius 2 is 2.30 bits per heavy atom. The maximum Gasteiger partial charge on any atom is 0.400 e. The van der Waals surface area contributed by atoms with Gasteiger partial charge in [-0.25, -0.2) is 4.79 Å². The highest BCUT2D eigenvalue weighted by Crippen LogP contribution is 2.06. The van der Waals surface area contributed by atoms with E-state index in [1.165, 1.54) is 0 Å². The molecule has 0 saturated heterocycles. The molecule has 1 atom stereocenters. The van der Waals surface area contributed by atoms with Gasteiger partial charge in [0.15, 0.2) is 0 Å². The van der Waals surface area contributed by atoms with Gasteiger partial charge in [0.2, 0.25) is 0 Å². The summed E-state index contributed by atoms with van der Waals surface area (Å²) in [6.45, 7) is 4.70. The van der Waals surface area contributed by atoms with E-state index in [2.05, 4.69) is 31.2 Å². The van der Waals surface area contributed by atoms with Crippen LogP contribution in [0.5, 0.6) is 0 Å². The summed E-state index contributed by atoms with van der Waals surface area (Å²) in [4.78, 5) is 10.1.